The van der Waals surface area contributed by atoms with Gasteiger partial charge in [-0.15, -0.1) is 22.7 Å². The number of carbonyl (C=O) groups is 1. The Bertz CT molecular complexity index is 926. The van der Waals surface area contributed by atoms with E-state index in [9.17, 15) is 4.79 Å². The number of hydrogen-bond acceptors (Lipinski definition) is 7. The fraction of sp³-hybridized carbons (Fsp3) is 0.278. The van der Waals surface area contributed by atoms with Crippen LogP contribution in [0.2, 0.25) is 4.34 Å². The first-order chi connectivity index (χ1) is 13.1. The summed E-state index contributed by atoms with van der Waals surface area (Å²) in [4.78, 5) is 22.9. The summed E-state index contributed by atoms with van der Waals surface area (Å²) < 4.78 is 11.3. The summed E-state index contributed by atoms with van der Waals surface area (Å²) >= 11 is 8.79. The van der Waals surface area contributed by atoms with Gasteiger partial charge in [0.05, 0.1) is 21.5 Å². The van der Waals surface area contributed by atoms with Crippen molar-refractivity contribution in [3.63, 3.8) is 0 Å². The number of thiophene rings is 1. The van der Waals surface area contributed by atoms with Gasteiger partial charge in [-0.25, -0.2) is 9.97 Å². The van der Waals surface area contributed by atoms with Crippen LogP contribution in [0.3, 0.4) is 0 Å². The molecule has 3 aromatic rings. The minimum atomic E-state index is -0.175. The lowest BCUT2D eigenvalue weighted by Gasteiger charge is -2.10. The van der Waals surface area contributed by atoms with Crippen LogP contribution in [0, 0.1) is 6.92 Å². The van der Waals surface area contributed by atoms with Gasteiger partial charge < -0.3 is 14.8 Å². The van der Waals surface area contributed by atoms with Gasteiger partial charge >= 0.3 is 0 Å². The van der Waals surface area contributed by atoms with Gasteiger partial charge in [-0.1, -0.05) is 17.7 Å². The Hall–Kier alpha value is -2.00. The van der Waals surface area contributed by atoms with Crippen LogP contribution in [-0.2, 0) is 11.3 Å². The van der Waals surface area contributed by atoms with Crippen LogP contribution in [0.5, 0.6) is 5.88 Å². The quantitative estimate of drug-likeness (QED) is 0.550. The smallest absolute Gasteiger partial charge is 0.263 e. The molecule has 0 fully saturated rings. The summed E-state index contributed by atoms with van der Waals surface area (Å²) in [5, 5.41) is 3.71. The first-order valence-electron chi connectivity index (χ1n) is 8.15. The third kappa shape index (κ3) is 5.04. The first kappa shape index (κ1) is 19.8. The van der Waals surface area contributed by atoms with E-state index in [4.69, 9.17) is 21.1 Å². The van der Waals surface area contributed by atoms with Crippen molar-refractivity contribution in [3.8, 4) is 15.8 Å². The topological polar surface area (TPSA) is 73.3 Å². The molecule has 0 atom stereocenters. The van der Waals surface area contributed by atoms with E-state index in [1.54, 1.807) is 19.4 Å². The highest BCUT2D eigenvalue weighted by atomic mass is 35.5. The molecule has 0 saturated carbocycles. The highest BCUT2D eigenvalue weighted by Crippen LogP contribution is 2.34. The van der Waals surface area contributed by atoms with Crippen molar-refractivity contribution < 1.29 is 14.3 Å². The Kier molecular flexibility index (Phi) is 6.78. The number of aromatic nitrogens is 2. The maximum atomic E-state index is 12.6. The molecular formula is C18H18ClN3O3S2. The lowest BCUT2D eigenvalue weighted by molar-refractivity contribution is 0.0953. The van der Waals surface area contributed by atoms with E-state index < -0.39 is 0 Å². The largest absolute Gasteiger partial charge is 0.475 e. The molecule has 0 bridgehead atoms. The third-order valence-electron chi connectivity index (χ3n) is 3.60. The number of methoxy groups -OCH3 is 1. The third-order valence-corrected chi connectivity index (χ3v) is 6.16. The molecule has 1 amide bonds. The van der Waals surface area contributed by atoms with E-state index in [1.807, 2.05) is 25.1 Å². The van der Waals surface area contributed by atoms with Crippen LogP contribution in [0.4, 0.5) is 0 Å². The molecule has 27 heavy (non-hydrogen) atoms. The number of nitrogens with zero attached hydrogens (tertiary/aromatic N) is 2. The fourth-order valence-corrected chi connectivity index (χ4v) is 4.39. The van der Waals surface area contributed by atoms with Gasteiger partial charge in [-0.05, 0) is 25.1 Å². The zero-order valence-corrected chi connectivity index (χ0v) is 17.2. The molecule has 6 nitrogen and oxygen atoms in total. The second-order valence-corrected chi connectivity index (χ2v) is 8.24. The second kappa shape index (κ2) is 9.27. The molecular weight excluding hydrogens is 406 g/mol. The van der Waals surface area contributed by atoms with Crippen LogP contribution < -0.4 is 10.1 Å². The van der Waals surface area contributed by atoms with Gasteiger partial charge in [-0.2, -0.15) is 0 Å². The molecule has 3 heterocycles. The van der Waals surface area contributed by atoms with Crippen LogP contribution in [-0.4, -0.2) is 36.2 Å². The summed E-state index contributed by atoms with van der Waals surface area (Å²) in [5.41, 5.74) is 1.49. The summed E-state index contributed by atoms with van der Waals surface area (Å²) in [6, 6.07) is 7.41. The van der Waals surface area contributed by atoms with Gasteiger partial charge in [0.15, 0.2) is 0 Å². The van der Waals surface area contributed by atoms with Gasteiger partial charge in [-0.3, -0.25) is 4.79 Å². The monoisotopic (exact) mass is 423 g/mol. The number of thiazole rings is 1. The van der Waals surface area contributed by atoms with E-state index >= 15 is 0 Å². The second-order valence-electron chi connectivity index (χ2n) is 5.53. The van der Waals surface area contributed by atoms with Crippen molar-refractivity contribution in [2.75, 3.05) is 20.3 Å². The first-order valence-corrected chi connectivity index (χ1v) is 10.2. The molecule has 0 aliphatic rings. The maximum Gasteiger partial charge on any atom is 0.263 e. The van der Waals surface area contributed by atoms with Crippen molar-refractivity contribution in [2.45, 2.75) is 13.5 Å². The Labute approximate surface area is 170 Å². The van der Waals surface area contributed by atoms with Crippen LogP contribution >= 0.6 is 34.3 Å². The van der Waals surface area contributed by atoms with Crippen LogP contribution in [0.25, 0.3) is 9.88 Å². The van der Waals surface area contributed by atoms with Gasteiger partial charge in [0.1, 0.15) is 16.5 Å². The highest BCUT2D eigenvalue weighted by molar-refractivity contribution is 7.24. The predicted molar refractivity (Wildman–Crippen MR) is 108 cm³/mol. The zero-order chi connectivity index (χ0) is 19.2. The molecule has 0 spiro atoms. The Morgan fingerprint density at radius 2 is 2.11 bits per heavy atom. The molecule has 0 aliphatic heterocycles. The lowest BCUT2D eigenvalue weighted by atomic mass is 10.2. The number of hydrogen-bond donors (Lipinski definition) is 1. The minimum absolute atomic E-state index is 0.175. The van der Waals surface area contributed by atoms with E-state index in [-0.39, 0.29) is 5.91 Å². The van der Waals surface area contributed by atoms with Crippen molar-refractivity contribution in [3.05, 3.63) is 50.9 Å². The minimum Gasteiger partial charge on any atom is -0.475 e. The number of carbonyl (C=O) groups excluding carboxylic acids is 1. The van der Waals surface area contributed by atoms with Gasteiger partial charge in [0, 0.05) is 25.4 Å². The molecule has 0 unspecified atom stereocenters. The Morgan fingerprint density at radius 1 is 1.26 bits per heavy atom. The van der Waals surface area contributed by atoms with Crippen molar-refractivity contribution in [2.24, 2.45) is 0 Å². The average Bonchev–Trinajstić information content (AvgIpc) is 3.26. The van der Waals surface area contributed by atoms with Crippen molar-refractivity contribution in [1.29, 1.82) is 0 Å². The number of nitrogens with one attached hydrogen (secondary N) is 1. The van der Waals surface area contributed by atoms with E-state index in [0.29, 0.717) is 40.5 Å². The van der Waals surface area contributed by atoms with Gasteiger partial charge in [0.25, 0.3) is 5.91 Å². The number of aryl methyl sites for hydroxylation is 1. The van der Waals surface area contributed by atoms with Gasteiger partial charge in [0.2, 0.25) is 5.88 Å². The molecule has 9 heteroatoms. The summed E-state index contributed by atoms with van der Waals surface area (Å²) in [7, 11) is 1.61. The Balaban J connectivity index is 1.67. The number of rotatable bonds is 8. The molecule has 1 N–H and O–H groups in total. The maximum absolute atomic E-state index is 12.6. The number of halogens is 1. The molecule has 142 valence electrons. The Morgan fingerprint density at radius 3 is 2.85 bits per heavy atom. The molecule has 3 aromatic heterocycles. The van der Waals surface area contributed by atoms with E-state index in [1.165, 1.54) is 22.7 Å². The fourth-order valence-electron chi connectivity index (χ4n) is 2.31. The van der Waals surface area contributed by atoms with E-state index in [0.717, 1.165) is 15.4 Å². The van der Waals surface area contributed by atoms with Crippen molar-refractivity contribution in [1.82, 2.24) is 15.3 Å². The normalized spacial score (nSPS) is 10.8. The van der Waals surface area contributed by atoms with E-state index in [2.05, 4.69) is 15.3 Å². The van der Waals surface area contributed by atoms with Crippen molar-refractivity contribution >= 4 is 40.2 Å². The number of ether oxygens (including phenoxy) is 2. The molecule has 0 radical (unpaired) electrons. The predicted octanol–water partition coefficient (Wildman–Crippen LogP) is 4.18. The summed E-state index contributed by atoms with van der Waals surface area (Å²) in [6.07, 6.45) is 1.65. The summed E-state index contributed by atoms with van der Waals surface area (Å²) in [6.45, 7) is 3.01. The lowest BCUT2D eigenvalue weighted by Crippen LogP contribution is -2.23. The van der Waals surface area contributed by atoms with Crippen LogP contribution in [0.1, 0.15) is 20.9 Å². The number of pyridine rings is 1. The highest BCUT2D eigenvalue weighted by Gasteiger charge is 2.17. The SMILES string of the molecule is COCCOc1ncccc1CNC(=O)c1sc(-c2ccc(Cl)s2)nc1C. The summed E-state index contributed by atoms with van der Waals surface area (Å²) in [5.74, 6) is 0.315. The average molecular weight is 424 g/mol. The molecule has 0 aliphatic carbocycles. The molecule has 3 rings (SSSR count). The van der Waals surface area contributed by atoms with Crippen LogP contribution in [0.15, 0.2) is 30.5 Å². The number of amides is 1. The molecule has 0 saturated heterocycles. The standard InChI is InChI=1S/C18H18ClN3O3S2/c1-11-15(27-18(22-11)13-5-6-14(19)26-13)16(23)21-10-12-4-3-7-20-17(12)25-9-8-24-2/h3-7H,8-10H2,1-2H3,(H,21,23). The molecule has 0 aromatic carbocycles. The zero-order valence-electron chi connectivity index (χ0n) is 14.8.